The van der Waals surface area contributed by atoms with Crippen LogP contribution in [0.5, 0.6) is 0 Å². The number of nitrogens with zero attached hydrogens (tertiary/aromatic N) is 1. The molecule has 1 aliphatic rings. The Hall–Kier alpha value is -1.61. The highest BCUT2D eigenvalue weighted by atomic mass is 15.2. The number of hydrogen-bond acceptors (Lipinski definition) is 3. The lowest BCUT2D eigenvalue weighted by molar-refractivity contribution is 0.357. The Labute approximate surface area is 133 Å². The van der Waals surface area contributed by atoms with E-state index in [-0.39, 0.29) is 0 Å². The lowest BCUT2D eigenvalue weighted by Crippen LogP contribution is -2.15. The summed E-state index contributed by atoms with van der Waals surface area (Å²) >= 11 is 0. The van der Waals surface area contributed by atoms with Crippen molar-refractivity contribution in [2.45, 2.75) is 58.3 Å². The molecule has 1 aromatic heterocycles. The van der Waals surface area contributed by atoms with Crippen molar-refractivity contribution in [3.05, 3.63) is 35.4 Å². The van der Waals surface area contributed by atoms with Gasteiger partial charge >= 0.3 is 0 Å². The number of nitrogens with one attached hydrogen (secondary N) is 1. The van der Waals surface area contributed by atoms with Gasteiger partial charge in [0.05, 0.1) is 5.52 Å². The fourth-order valence-corrected chi connectivity index (χ4v) is 3.71. The fourth-order valence-electron chi connectivity index (χ4n) is 3.71. The zero-order valence-corrected chi connectivity index (χ0v) is 13.7. The van der Waals surface area contributed by atoms with Gasteiger partial charge in [0, 0.05) is 5.39 Å². The first-order chi connectivity index (χ1) is 10.7. The maximum absolute atomic E-state index is 5.76. The number of nitrogen functional groups attached to an aromatic ring is 1. The summed E-state index contributed by atoms with van der Waals surface area (Å²) in [7, 11) is 0. The quantitative estimate of drug-likeness (QED) is 0.631. The number of anilines is 1. The van der Waals surface area contributed by atoms with E-state index in [1.807, 2.05) is 0 Å². The number of aromatic nitrogens is 1. The zero-order valence-electron chi connectivity index (χ0n) is 13.7. The summed E-state index contributed by atoms with van der Waals surface area (Å²) in [6, 6.07) is 8.76. The van der Waals surface area contributed by atoms with E-state index in [2.05, 4.69) is 43.5 Å². The lowest BCUT2D eigenvalue weighted by atomic mass is 9.84. The van der Waals surface area contributed by atoms with Gasteiger partial charge in [0.15, 0.2) is 0 Å². The van der Waals surface area contributed by atoms with Crippen LogP contribution in [-0.4, -0.2) is 4.98 Å². The third-order valence-electron chi connectivity index (χ3n) is 4.95. The van der Waals surface area contributed by atoms with E-state index in [0.717, 1.165) is 23.7 Å². The number of benzene rings is 1. The van der Waals surface area contributed by atoms with Crippen LogP contribution in [0.4, 0.5) is 5.82 Å². The zero-order chi connectivity index (χ0) is 15.5. The number of para-hydroxylation sites is 1. The molecular formula is C19H27N3. The average molecular weight is 297 g/mol. The maximum atomic E-state index is 5.76. The molecule has 1 saturated carbocycles. The molecule has 3 heteroatoms. The molecular weight excluding hydrogens is 270 g/mol. The molecule has 2 aromatic rings. The van der Waals surface area contributed by atoms with Crippen molar-refractivity contribution in [3.8, 4) is 0 Å². The van der Waals surface area contributed by atoms with Crippen LogP contribution in [-0.2, 0) is 6.42 Å². The molecule has 0 amide bonds. The van der Waals surface area contributed by atoms with E-state index >= 15 is 0 Å². The van der Waals surface area contributed by atoms with Crippen LogP contribution in [0.15, 0.2) is 24.3 Å². The number of hydrogen-bond donors (Lipinski definition) is 2. The predicted octanol–water partition coefficient (Wildman–Crippen LogP) is 4.77. The van der Waals surface area contributed by atoms with Crippen LogP contribution in [0.3, 0.4) is 0 Å². The number of nitrogens with two attached hydrogens (primary N) is 1. The predicted molar refractivity (Wildman–Crippen MR) is 93.9 cm³/mol. The molecule has 0 aliphatic heterocycles. The standard InChI is InChI=1S/C19H27N3/c1-13(2)17-10-6-9-15-12-16(19(22-20)21-18(15)17)11-14-7-4-3-5-8-14/h6,9-10,12-14H,3-5,7-8,11,20H2,1-2H3,(H,21,22). The summed E-state index contributed by atoms with van der Waals surface area (Å²) in [5.74, 6) is 7.86. The molecule has 0 bridgehead atoms. The van der Waals surface area contributed by atoms with Crippen molar-refractivity contribution in [2.75, 3.05) is 5.43 Å². The average Bonchev–Trinajstić information content (AvgIpc) is 2.54. The van der Waals surface area contributed by atoms with Gasteiger partial charge in [-0.15, -0.1) is 0 Å². The summed E-state index contributed by atoms with van der Waals surface area (Å²) in [4.78, 5) is 4.84. The van der Waals surface area contributed by atoms with Gasteiger partial charge in [0.25, 0.3) is 0 Å². The fraction of sp³-hybridized carbons (Fsp3) is 0.526. The van der Waals surface area contributed by atoms with Crippen LogP contribution in [0.1, 0.15) is 63.0 Å². The minimum atomic E-state index is 0.464. The second kappa shape index (κ2) is 6.66. The topological polar surface area (TPSA) is 50.9 Å². The minimum absolute atomic E-state index is 0.464. The first-order valence-electron chi connectivity index (χ1n) is 8.58. The highest BCUT2D eigenvalue weighted by Gasteiger charge is 2.17. The SMILES string of the molecule is CC(C)c1cccc2cc(CC3CCCCC3)c(NN)nc12. The van der Waals surface area contributed by atoms with E-state index in [1.54, 1.807) is 0 Å². The normalized spacial score (nSPS) is 16.4. The number of rotatable bonds is 4. The Balaban J connectivity index is 1.99. The first-order valence-corrected chi connectivity index (χ1v) is 8.58. The molecule has 0 atom stereocenters. The Morgan fingerprint density at radius 2 is 2.00 bits per heavy atom. The Morgan fingerprint density at radius 3 is 2.68 bits per heavy atom. The van der Waals surface area contributed by atoms with Gasteiger partial charge in [-0.3, -0.25) is 0 Å². The highest BCUT2D eigenvalue weighted by Crippen LogP contribution is 2.32. The minimum Gasteiger partial charge on any atom is -0.308 e. The maximum Gasteiger partial charge on any atom is 0.143 e. The molecule has 0 spiro atoms. The highest BCUT2D eigenvalue weighted by molar-refractivity contribution is 5.85. The molecule has 1 fully saturated rings. The molecule has 3 N–H and O–H groups in total. The number of hydrazine groups is 1. The van der Waals surface area contributed by atoms with Gasteiger partial charge < -0.3 is 5.43 Å². The van der Waals surface area contributed by atoms with Crippen LogP contribution in [0, 0.1) is 5.92 Å². The molecule has 22 heavy (non-hydrogen) atoms. The van der Waals surface area contributed by atoms with Crippen LogP contribution in [0.2, 0.25) is 0 Å². The van der Waals surface area contributed by atoms with Gasteiger partial charge in [0.1, 0.15) is 5.82 Å². The monoisotopic (exact) mass is 297 g/mol. The second-order valence-corrected chi connectivity index (χ2v) is 6.92. The number of pyridine rings is 1. The Bertz CT molecular complexity index is 642. The van der Waals surface area contributed by atoms with Crippen molar-refractivity contribution in [2.24, 2.45) is 11.8 Å². The molecule has 3 rings (SSSR count). The molecule has 0 radical (unpaired) electrons. The molecule has 1 heterocycles. The van der Waals surface area contributed by atoms with Crippen molar-refractivity contribution in [3.63, 3.8) is 0 Å². The van der Waals surface area contributed by atoms with Gasteiger partial charge in [-0.25, -0.2) is 10.8 Å². The van der Waals surface area contributed by atoms with Crippen molar-refractivity contribution in [1.29, 1.82) is 0 Å². The van der Waals surface area contributed by atoms with Crippen molar-refractivity contribution < 1.29 is 0 Å². The Morgan fingerprint density at radius 1 is 1.23 bits per heavy atom. The van der Waals surface area contributed by atoms with Gasteiger partial charge in [0.2, 0.25) is 0 Å². The van der Waals surface area contributed by atoms with E-state index in [9.17, 15) is 0 Å². The van der Waals surface area contributed by atoms with Crippen LogP contribution >= 0.6 is 0 Å². The van der Waals surface area contributed by atoms with Crippen molar-refractivity contribution in [1.82, 2.24) is 4.98 Å². The third kappa shape index (κ3) is 3.09. The first kappa shape index (κ1) is 15.3. The summed E-state index contributed by atoms with van der Waals surface area (Å²) in [6.07, 6.45) is 7.91. The molecule has 0 unspecified atom stereocenters. The van der Waals surface area contributed by atoms with Crippen LogP contribution in [0.25, 0.3) is 10.9 Å². The second-order valence-electron chi connectivity index (χ2n) is 6.92. The summed E-state index contributed by atoms with van der Waals surface area (Å²) in [5, 5.41) is 1.23. The summed E-state index contributed by atoms with van der Waals surface area (Å²) in [6.45, 7) is 4.42. The van der Waals surface area contributed by atoms with E-state index in [0.29, 0.717) is 5.92 Å². The lowest BCUT2D eigenvalue weighted by Gasteiger charge is -2.23. The van der Waals surface area contributed by atoms with E-state index < -0.39 is 0 Å². The smallest absolute Gasteiger partial charge is 0.143 e. The van der Waals surface area contributed by atoms with E-state index in [4.69, 9.17) is 10.8 Å². The summed E-state index contributed by atoms with van der Waals surface area (Å²) < 4.78 is 0. The summed E-state index contributed by atoms with van der Waals surface area (Å²) in [5.41, 5.74) is 6.47. The van der Waals surface area contributed by atoms with Crippen LogP contribution < -0.4 is 11.3 Å². The number of fused-ring (bicyclic) bond motifs is 1. The van der Waals surface area contributed by atoms with E-state index in [1.165, 1.54) is 48.6 Å². The molecule has 3 nitrogen and oxygen atoms in total. The van der Waals surface area contributed by atoms with Crippen molar-refractivity contribution >= 4 is 16.7 Å². The van der Waals surface area contributed by atoms with Gasteiger partial charge in [-0.1, -0.05) is 64.2 Å². The molecule has 0 saturated heterocycles. The molecule has 1 aromatic carbocycles. The largest absolute Gasteiger partial charge is 0.308 e. The van der Waals surface area contributed by atoms with Gasteiger partial charge in [-0.05, 0) is 35.4 Å². The Kier molecular flexibility index (Phi) is 4.63. The third-order valence-corrected chi connectivity index (χ3v) is 4.95. The molecule has 1 aliphatic carbocycles. The molecule has 118 valence electrons. The van der Waals surface area contributed by atoms with Gasteiger partial charge in [-0.2, -0.15) is 0 Å².